The molecule has 3 aromatic carbocycles. The first kappa shape index (κ1) is 24.5. The van der Waals surface area contributed by atoms with Gasteiger partial charge in [-0.3, -0.25) is 10.2 Å². The van der Waals surface area contributed by atoms with Gasteiger partial charge in [0.25, 0.3) is 5.91 Å². The summed E-state index contributed by atoms with van der Waals surface area (Å²) < 4.78 is 0. The topological polar surface area (TPSA) is 128 Å². The van der Waals surface area contributed by atoms with Gasteiger partial charge < -0.3 is 21.5 Å². The first-order chi connectivity index (χ1) is 16.2. The summed E-state index contributed by atoms with van der Waals surface area (Å²) in [6.45, 7) is 6.50. The number of carbonyl (C=O) groups is 2. The third-order valence-electron chi connectivity index (χ3n) is 5.48. The lowest BCUT2D eigenvalue weighted by Crippen LogP contribution is -2.27. The molecule has 0 aliphatic carbocycles. The number of hydrogen-bond donors (Lipinski definition) is 5. The number of benzene rings is 3. The lowest BCUT2D eigenvalue weighted by atomic mass is 9.91. The monoisotopic (exact) mass is 458 g/mol. The maximum Gasteiger partial charge on any atom is 0.336 e. The summed E-state index contributed by atoms with van der Waals surface area (Å²) >= 11 is 0. The van der Waals surface area contributed by atoms with Crippen LogP contribution >= 0.6 is 0 Å². The number of hydrogen-bond acceptors (Lipinski definition) is 4. The molecule has 1 atom stereocenters. The summed E-state index contributed by atoms with van der Waals surface area (Å²) in [5.41, 5.74) is 9.64. The van der Waals surface area contributed by atoms with E-state index >= 15 is 0 Å². The Morgan fingerprint density at radius 2 is 1.59 bits per heavy atom. The number of carboxylic acids is 1. The number of amidine groups is 1. The van der Waals surface area contributed by atoms with Crippen molar-refractivity contribution < 1.29 is 14.7 Å². The molecule has 0 aliphatic rings. The number of amides is 1. The second-order valence-corrected chi connectivity index (χ2v) is 8.61. The van der Waals surface area contributed by atoms with Crippen molar-refractivity contribution in [3.8, 4) is 11.1 Å². The molecule has 0 saturated heterocycles. The van der Waals surface area contributed by atoms with Gasteiger partial charge in [-0.25, -0.2) is 4.79 Å². The number of aromatic carboxylic acids is 1. The molecule has 1 unspecified atom stereocenters. The lowest BCUT2D eigenvalue weighted by molar-refractivity contribution is 0.0697. The molecule has 176 valence electrons. The molecule has 1 amide bonds. The van der Waals surface area contributed by atoms with E-state index in [2.05, 4.69) is 10.6 Å². The van der Waals surface area contributed by atoms with E-state index in [1.54, 1.807) is 24.3 Å². The molecule has 3 rings (SSSR count). The summed E-state index contributed by atoms with van der Waals surface area (Å²) in [5.74, 6) is -1.09. The van der Waals surface area contributed by atoms with Crippen molar-refractivity contribution in [3.63, 3.8) is 0 Å². The summed E-state index contributed by atoms with van der Waals surface area (Å²) in [5, 5.41) is 23.7. The Morgan fingerprint density at radius 3 is 2.21 bits per heavy atom. The van der Waals surface area contributed by atoms with Gasteiger partial charge in [0.05, 0.1) is 5.56 Å². The first-order valence-corrected chi connectivity index (χ1v) is 11.1. The van der Waals surface area contributed by atoms with Crippen LogP contribution in [0.5, 0.6) is 0 Å². The highest BCUT2D eigenvalue weighted by molar-refractivity contribution is 6.02. The van der Waals surface area contributed by atoms with Crippen LogP contribution < -0.4 is 16.4 Å². The highest BCUT2D eigenvalue weighted by Crippen LogP contribution is 2.33. The van der Waals surface area contributed by atoms with E-state index in [4.69, 9.17) is 11.1 Å². The molecule has 0 aromatic heterocycles. The van der Waals surface area contributed by atoms with Gasteiger partial charge in [-0.15, -0.1) is 0 Å². The Balaban J connectivity index is 1.93. The molecule has 0 bridgehead atoms. The fourth-order valence-corrected chi connectivity index (χ4v) is 3.69. The van der Waals surface area contributed by atoms with Crippen LogP contribution in [0.15, 0.2) is 66.7 Å². The number of rotatable bonds is 9. The van der Waals surface area contributed by atoms with Gasteiger partial charge in [-0.05, 0) is 65.9 Å². The van der Waals surface area contributed by atoms with Gasteiger partial charge in [-0.2, -0.15) is 0 Å². The van der Waals surface area contributed by atoms with Crippen LogP contribution in [-0.4, -0.2) is 29.4 Å². The van der Waals surface area contributed by atoms with Crippen LogP contribution in [0, 0.1) is 11.3 Å². The minimum atomic E-state index is -1.09. The van der Waals surface area contributed by atoms with Crippen LogP contribution in [0.2, 0.25) is 0 Å². The van der Waals surface area contributed by atoms with Crippen molar-refractivity contribution >= 4 is 23.4 Å². The van der Waals surface area contributed by atoms with Crippen molar-refractivity contribution in [2.75, 3.05) is 11.9 Å². The molecule has 0 aliphatic heterocycles. The van der Waals surface area contributed by atoms with Crippen LogP contribution in [0.3, 0.4) is 0 Å². The minimum Gasteiger partial charge on any atom is -0.478 e. The Morgan fingerprint density at radius 1 is 0.941 bits per heavy atom. The normalized spacial score (nSPS) is 11.6. The van der Waals surface area contributed by atoms with Crippen molar-refractivity contribution in [1.29, 1.82) is 5.41 Å². The van der Waals surface area contributed by atoms with Crippen molar-refractivity contribution in [2.45, 2.75) is 26.8 Å². The van der Waals surface area contributed by atoms with Crippen LogP contribution in [0.25, 0.3) is 11.1 Å². The highest BCUT2D eigenvalue weighted by Gasteiger charge is 2.19. The minimum absolute atomic E-state index is 0.00692. The average Bonchev–Trinajstić information content (AvgIpc) is 2.82. The SMILES string of the molecule is CC(C)CNC(=O)c1ccc(-c2ccccc2C(C)Nc2ccc(C(=N)N)cc2)c(C(=O)O)c1. The molecule has 0 saturated carbocycles. The smallest absolute Gasteiger partial charge is 0.336 e. The average molecular weight is 459 g/mol. The predicted octanol–water partition coefficient (Wildman–Crippen LogP) is 4.89. The largest absolute Gasteiger partial charge is 0.478 e. The fourth-order valence-electron chi connectivity index (χ4n) is 3.69. The number of carbonyl (C=O) groups excluding carboxylic acids is 1. The number of nitrogens with two attached hydrogens (primary N) is 1. The molecule has 3 aromatic rings. The highest BCUT2D eigenvalue weighted by atomic mass is 16.4. The Bertz CT molecular complexity index is 1200. The summed E-state index contributed by atoms with van der Waals surface area (Å²) in [7, 11) is 0. The Kier molecular flexibility index (Phi) is 7.68. The zero-order valence-electron chi connectivity index (χ0n) is 19.6. The molecule has 6 N–H and O–H groups in total. The molecular formula is C27H30N4O3. The molecule has 0 spiro atoms. The van der Waals surface area contributed by atoms with E-state index in [1.165, 1.54) is 6.07 Å². The zero-order valence-corrected chi connectivity index (χ0v) is 19.6. The Labute approximate surface area is 199 Å². The van der Waals surface area contributed by atoms with Crippen molar-refractivity contribution in [2.24, 2.45) is 11.7 Å². The maximum atomic E-state index is 12.5. The van der Waals surface area contributed by atoms with Gasteiger partial charge in [0, 0.05) is 29.4 Å². The van der Waals surface area contributed by atoms with Gasteiger partial charge in [-0.1, -0.05) is 44.2 Å². The number of nitrogens with one attached hydrogen (secondary N) is 3. The van der Waals surface area contributed by atoms with Crippen molar-refractivity contribution in [3.05, 3.63) is 89.0 Å². The van der Waals surface area contributed by atoms with E-state index < -0.39 is 5.97 Å². The van der Waals surface area contributed by atoms with Gasteiger partial charge in [0.2, 0.25) is 0 Å². The third kappa shape index (κ3) is 5.81. The van der Waals surface area contributed by atoms with E-state index in [1.807, 2.05) is 57.2 Å². The maximum absolute atomic E-state index is 12.5. The molecule has 0 radical (unpaired) electrons. The lowest BCUT2D eigenvalue weighted by Gasteiger charge is -2.20. The zero-order chi connectivity index (χ0) is 24.8. The van der Waals surface area contributed by atoms with Crippen LogP contribution in [0.4, 0.5) is 5.69 Å². The van der Waals surface area contributed by atoms with Gasteiger partial charge >= 0.3 is 5.97 Å². The number of anilines is 1. The van der Waals surface area contributed by atoms with Crippen LogP contribution in [0.1, 0.15) is 58.7 Å². The molecule has 0 heterocycles. The van der Waals surface area contributed by atoms with Crippen molar-refractivity contribution in [1.82, 2.24) is 5.32 Å². The van der Waals surface area contributed by atoms with Gasteiger partial charge in [0.1, 0.15) is 5.84 Å². The third-order valence-corrected chi connectivity index (χ3v) is 5.48. The number of carboxylic acid groups (broad SMARTS) is 1. The standard InChI is InChI=1S/C27H30N4O3/c1-16(2)15-30-26(32)19-10-13-23(24(14-19)27(33)34)22-7-5-4-6-21(22)17(3)31-20-11-8-18(9-12-20)25(28)29/h4-14,16-17,31H,15H2,1-3H3,(H3,28,29)(H,30,32)(H,33,34). The van der Waals surface area contributed by atoms with E-state index in [9.17, 15) is 14.7 Å². The second-order valence-electron chi connectivity index (χ2n) is 8.61. The summed E-state index contributed by atoms with van der Waals surface area (Å²) in [6.07, 6.45) is 0. The quantitative estimate of drug-likeness (QED) is 0.230. The second kappa shape index (κ2) is 10.7. The Hall–Kier alpha value is -4.13. The summed E-state index contributed by atoms with van der Waals surface area (Å²) in [4.78, 5) is 24.6. The summed E-state index contributed by atoms with van der Waals surface area (Å²) in [6, 6.07) is 19.5. The molecule has 7 nitrogen and oxygen atoms in total. The molecule has 0 fully saturated rings. The van der Waals surface area contributed by atoms with Gasteiger partial charge in [0.15, 0.2) is 0 Å². The van der Waals surface area contributed by atoms with E-state index in [0.29, 0.717) is 29.2 Å². The van der Waals surface area contributed by atoms with Crippen LogP contribution in [-0.2, 0) is 0 Å². The molecule has 34 heavy (non-hydrogen) atoms. The fraction of sp³-hybridized carbons (Fsp3) is 0.222. The number of nitrogen functional groups attached to an aromatic ring is 1. The van der Waals surface area contributed by atoms with E-state index in [-0.39, 0.29) is 23.3 Å². The predicted molar refractivity (Wildman–Crippen MR) is 136 cm³/mol. The molecule has 7 heteroatoms. The van der Waals surface area contributed by atoms with E-state index in [0.717, 1.165) is 16.8 Å². The first-order valence-electron chi connectivity index (χ1n) is 11.1. The molecular weight excluding hydrogens is 428 g/mol.